The number of nitrogen functional groups attached to an aromatic ring is 1. The van der Waals surface area contributed by atoms with E-state index in [0.717, 1.165) is 12.2 Å². The van der Waals surface area contributed by atoms with Gasteiger partial charge in [-0.3, -0.25) is 0 Å². The molecular weight excluding hydrogens is 256 g/mol. The van der Waals surface area contributed by atoms with Gasteiger partial charge in [-0.25, -0.2) is 0 Å². The standard InChI is InChI=1S/C19H32N2/c20-18-12-10-11-17(15-18)16-21-19-13-8-6-4-2-1-3-5-7-9-14-19/h10-12,15,19,21H,1-9,13-14,16,20H2. The van der Waals surface area contributed by atoms with Crippen LogP contribution in [-0.4, -0.2) is 6.04 Å². The molecule has 0 spiro atoms. The van der Waals surface area contributed by atoms with Crippen molar-refractivity contribution in [1.29, 1.82) is 0 Å². The van der Waals surface area contributed by atoms with Crippen molar-refractivity contribution in [2.45, 2.75) is 83.2 Å². The van der Waals surface area contributed by atoms with Crippen LogP contribution in [0.1, 0.15) is 76.2 Å². The summed E-state index contributed by atoms with van der Waals surface area (Å²) >= 11 is 0. The molecule has 0 bridgehead atoms. The number of nitrogens with one attached hydrogen (secondary N) is 1. The van der Waals surface area contributed by atoms with Crippen LogP contribution in [-0.2, 0) is 6.54 Å². The normalized spacial score (nSPS) is 19.6. The van der Waals surface area contributed by atoms with E-state index in [4.69, 9.17) is 5.73 Å². The highest BCUT2D eigenvalue weighted by molar-refractivity contribution is 5.40. The molecule has 21 heavy (non-hydrogen) atoms. The Morgan fingerprint density at radius 2 is 1.43 bits per heavy atom. The van der Waals surface area contributed by atoms with E-state index in [1.807, 2.05) is 12.1 Å². The van der Waals surface area contributed by atoms with Crippen LogP contribution >= 0.6 is 0 Å². The van der Waals surface area contributed by atoms with Gasteiger partial charge in [0.2, 0.25) is 0 Å². The molecule has 1 aliphatic rings. The van der Waals surface area contributed by atoms with Crippen molar-refractivity contribution < 1.29 is 0 Å². The van der Waals surface area contributed by atoms with Crippen molar-refractivity contribution in [3.05, 3.63) is 29.8 Å². The Bertz CT molecular complexity index is 377. The number of rotatable bonds is 3. The van der Waals surface area contributed by atoms with Gasteiger partial charge < -0.3 is 11.1 Å². The molecule has 3 N–H and O–H groups in total. The second-order valence-electron chi connectivity index (χ2n) is 6.58. The van der Waals surface area contributed by atoms with E-state index in [1.165, 1.54) is 76.2 Å². The lowest BCUT2D eigenvalue weighted by Gasteiger charge is -2.20. The highest BCUT2D eigenvalue weighted by atomic mass is 14.9. The van der Waals surface area contributed by atoms with Crippen LogP contribution in [0.25, 0.3) is 0 Å². The lowest BCUT2D eigenvalue weighted by Crippen LogP contribution is -2.28. The third kappa shape index (κ3) is 6.99. The fourth-order valence-corrected chi connectivity index (χ4v) is 3.33. The van der Waals surface area contributed by atoms with Crippen LogP contribution < -0.4 is 11.1 Å². The summed E-state index contributed by atoms with van der Waals surface area (Å²) in [7, 11) is 0. The first-order valence-electron chi connectivity index (χ1n) is 8.92. The van der Waals surface area contributed by atoms with E-state index >= 15 is 0 Å². The number of hydrogen-bond acceptors (Lipinski definition) is 2. The summed E-state index contributed by atoms with van der Waals surface area (Å²) in [6.07, 6.45) is 15.5. The van der Waals surface area contributed by atoms with Gasteiger partial charge in [-0.15, -0.1) is 0 Å². The SMILES string of the molecule is Nc1cccc(CNC2CCCCCCCCCCC2)c1. The van der Waals surface area contributed by atoms with E-state index in [2.05, 4.69) is 17.4 Å². The molecule has 2 heteroatoms. The Balaban J connectivity index is 1.77. The van der Waals surface area contributed by atoms with Gasteiger partial charge in [0.05, 0.1) is 0 Å². The zero-order valence-corrected chi connectivity index (χ0v) is 13.4. The molecule has 118 valence electrons. The summed E-state index contributed by atoms with van der Waals surface area (Å²) in [5, 5.41) is 3.76. The maximum absolute atomic E-state index is 5.86. The smallest absolute Gasteiger partial charge is 0.0317 e. The van der Waals surface area contributed by atoms with Gasteiger partial charge in [0, 0.05) is 18.3 Å². The molecule has 2 nitrogen and oxygen atoms in total. The summed E-state index contributed by atoms with van der Waals surface area (Å²) in [4.78, 5) is 0. The molecule has 1 aliphatic carbocycles. The van der Waals surface area contributed by atoms with Crippen LogP contribution in [0, 0.1) is 0 Å². The van der Waals surface area contributed by atoms with Gasteiger partial charge in [-0.1, -0.05) is 69.9 Å². The molecule has 0 heterocycles. The zero-order valence-electron chi connectivity index (χ0n) is 13.4. The first kappa shape index (κ1) is 16.4. The van der Waals surface area contributed by atoms with E-state index in [-0.39, 0.29) is 0 Å². The Morgan fingerprint density at radius 1 is 0.857 bits per heavy atom. The fraction of sp³-hybridized carbons (Fsp3) is 0.684. The van der Waals surface area contributed by atoms with E-state index in [0.29, 0.717) is 6.04 Å². The molecule has 1 fully saturated rings. The second kappa shape index (κ2) is 9.83. The number of anilines is 1. The van der Waals surface area contributed by atoms with Crippen LogP contribution in [0.4, 0.5) is 5.69 Å². The molecule has 2 rings (SSSR count). The summed E-state index contributed by atoms with van der Waals surface area (Å²) in [5.41, 5.74) is 8.03. The van der Waals surface area contributed by atoms with Crippen LogP contribution in [0.2, 0.25) is 0 Å². The second-order valence-corrected chi connectivity index (χ2v) is 6.58. The highest BCUT2D eigenvalue weighted by Gasteiger charge is 2.09. The largest absolute Gasteiger partial charge is 0.399 e. The first-order chi connectivity index (χ1) is 10.3. The summed E-state index contributed by atoms with van der Waals surface area (Å²) < 4.78 is 0. The van der Waals surface area contributed by atoms with Crippen molar-refractivity contribution in [2.75, 3.05) is 5.73 Å². The van der Waals surface area contributed by atoms with Crippen molar-refractivity contribution in [3.8, 4) is 0 Å². The van der Waals surface area contributed by atoms with Crippen LogP contribution in [0.3, 0.4) is 0 Å². The molecule has 0 radical (unpaired) electrons. The number of nitrogens with two attached hydrogens (primary N) is 1. The minimum Gasteiger partial charge on any atom is -0.399 e. The molecule has 1 aromatic rings. The van der Waals surface area contributed by atoms with Gasteiger partial charge in [-0.05, 0) is 30.5 Å². The molecule has 0 amide bonds. The molecule has 0 unspecified atom stereocenters. The van der Waals surface area contributed by atoms with Crippen molar-refractivity contribution in [1.82, 2.24) is 5.32 Å². The first-order valence-corrected chi connectivity index (χ1v) is 8.92. The Morgan fingerprint density at radius 3 is 2.00 bits per heavy atom. The van der Waals surface area contributed by atoms with Crippen molar-refractivity contribution in [2.24, 2.45) is 0 Å². The van der Waals surface area contributed by atoms with Gasteiger partial charge in [0.1, 0.15) is 0 Å². The van der Waals surface area contributed by atoms with E-state index < -0.39 is 0 Å². The van der Waals surface area contributed by atoms with Gasteiger partial charge >= 0.3 is 0 Å². The third-order valence-electron chi connectivity index (χ3n) is 4.65. The Labute approximate surface area is 130 Å². The summed E-state index contributed by atoms with van der Waals surface area (Å²) in [6, 6.07) is 8.94. The van der Waals surface area contributed by atoms with Gasteiger partial charge in [0.15, 0.2) is 0 Å². The molecule has 1 aromatic carbocycles. The predicted molar refractivity (Wildman–Crippen MR) is 92.3 cm³/mol. The summed E-state index contributed by atoms with van der Waals surface area (Å²) in [5.74, 6) is 0. The zero-order chi connectivity index (χ0) is 14.8. The average Bonchev–Trinajstić information content (AvgIpc) is 2.47. The quantitative estimate of drug-likeness (QED) is 0.765. The minimum atomic E-state index is 0.686. The van der Waals surface area contributed by atoms with Gasteiger partial charge in [0.25, 0.3) is 0 Å². The number of hydrogen-bond donors (Lipinski definition) is 2. The topological polar surface area (TPSA) is 38.0 Å². The number of benzene rings is 1. The minimum absolute atomic E-state index is 0.686. The van der Waals surface area contributed by atoms with Crippen LogP contribution in [0.5, 0.6) is 0 Å². The maximum atomic E-state index is 5.86. The molecule has 1 saturated carbocycles. The van der Waals surface area contributed by atoms with Gasteiger partial charge in [-0.2, -0.15) is 0 Å². The lowest BCUT2D eigenvalue weighted by molar-refractivity contribution is 0.403. The third-order valence-corrected chi connectivity index (χ3v) is 4.65. The maximum Gasteiger partial charge on any atom is 0.0317 e. The van der Waals surface area contributed by atoms with Crippen molar-refractivity contribution in [3.63, 3.8) is 0 Å². The predicted octanol–water partition coefficient (Wildman–Crippen LogP) is 5.03. The molecule has 0 aromatic heterocycles. The van der Waals surface area contributed by atoms with Crippen molar-refractivity contribution >= 4 is 5.69 Å². The molecule has 0 aliphatic heterocycles. The highest BCUT2D eigenvalue weighted by Crippen LogP contribution is 2.17. The van der Waals surface area contributed by atoms with E-state index in [9.17, 15) is 0 Å². The Kier molecular flexibility index (Phi) is 7.66. The van der Waals surface area contributed by atoms with E-state index in [1.54, 1.807) is 0 Å². The van der Waals surface area contributed by atoms with Crippen LogP contribution in [0.15, 0.2) is 24.3 Å². The summed E-state index contributed by atoms with van der Waals surface area (Å²) in [6.45, 7) is 0.954. The fourth-order valence-electron chi connectivity index (χ4n) is 3.33. The average molecular weight is 288 g/mol. The Hall–Kier alpha value is -1.02. The monoisotopic (exact) mass is 288 g/mol. The molecule has 0 saturated heterocycles. The molecule has 0 atom stereocenters. The molecular formula is C19H32N2. The lowest BCUT2D eigenvalue weighted by atomic mass is 9.98.